The summed E-state index contributed by atoms with van der Waals surface area (Å²) in [4.78, 5) is 13.1. The Morgan fingerprint density at radius 1 is 1.17 bits per heavy atom. The van der Waals surface area contributed by atoms with Crippen LogP contribution in [0.1, 0.15) is 11.1 Å². The lowest BCUT2D eigenvalue weighted by Gasteiger charge is -2.08. The van der Waals surface area contributed by atoms with E-state index in [-0.39, 0.29) is 17.4 Å². The van der Waals surface area contributed by atoms with E-state index in [1.165, 1.54) is 11.8 Å². The maximum absolute atomic E-state index is 12.0. The van der Waals surface area contributed by atoms with E-state index in [0.29, 0.717) is 11.3 Å². The Kier molecular flexibility index (Phi) is 5.81. The van der Waals surface area contributed by atoms with Crippen LogP contribution in [0.25, 0.3) is 0 Å². The molecule has 0 aliphatic rings. The zero-order chi connectivity index (χ0) is 16.9. The number of anilines is 1. The molecule has 3 N–H and O–H groups in total. The van der Waals surface area contributed by atoms with Crippen LogP contribution in [0.4, 0.5) is 5.69 Å². The molecule has 0 heterocycles. The van der Waals surface area contributed by atoms with Gasteiger partial charge in [0.2, 0.25) is 15.9 Å². The van der Waals surface area contributed by atoms with Crippen molar-refractivity contribution in [3.05, 3.63) is 59.7 Å². The zero-order valence-corrected chi connectivity index (χ0v) is 14.3. The van der Waals surface area contributed by atoms with E-state index in [1.807, 2.05) is 31.2 Å². The van der Waals surface area contributed by atoms with Crippen molar-refractivity contribution in [3.8, 4) is 0 Å². The van der Waals surface area contributed by atoms with E-state index in [9.17, 15) is 13.2 Å². The predicted molar refractivity (Wildman–Crippen MR) is 93.8 cm³/mol. The lowest BCUT2D eigenvalue weighted by atomic mass is 10.2. The Morgan fingerprint density at radius 3 is 2.61 bits per heavy atom. The summed E-state index contributed by atoms with van der Waals surface area (Å²) in [6.45, 7) is 2.00. The number of carbonyl (C=O) groups is 1. The number of hydrogen-bond donors (Lipinski definition) is 2. The third-order valence-corrected chi connectivity index (χ3v) is 4.94. The molecule has 0 fully saturated rings. The van der Waals surface area contributed by atoms with E-state index >= 15 is 0 Å². The molecule has 5 nitrogen and oxygen atoms in total. The number of amides is 1. The van der Waals surface area contributed by atoms with Gasteiger partial charge in [-0.2, -0.15) is 0 Å². The Labute approximate surface area is 140 Å². The second-order valence-corrected chi connectivity index (χ2v) is 7.74. The summed E-state index contributed by atoms with van der Waals surface area (Å²) in [5, 5.41) is 7.79. The molecule has 2 rings (SSSR count). The fraction of sp³-hybridized carbons (Fsp3) is 0.188. The number of aryl methyl sites for hydroxylation is 1. The van der Waals surface area contributed by atoms with Gasteiger partial charge < -0.3 is 5.32 Å². The smallest absolute Gasteiger partial charge is 0.234 e. The molecule has 122 valence electrons. The van der Waals surface area contributed by atoms with Gasteiger partial charge in [-0.1, -0.05) is 30.3 Å². The van der Waals surface area contributed by atoms with Crippen LogP contribution in [0, 0.1) is 6.92 Å². The Bertz CT molecular complexity index is 804. The minimum atomic E-state index is -3.59. The summed E-state index contributed by atoms with van der Waals surface area (Å²) in [7, 11) is -3.59. The predicted octanol–water partition coefficient (Wildman–Crippen LogP) is 2.51. The molecule has 0 saturated carbocycles. The van der Waals surface area contributed by atoms with Crippen molar-refractivity contribution >= 4 is 33.4 Å². The van der Waals surface area contributed by atoms with E-state index in [1.54, 1.807) is 24.3 Å². The highest BCUT2D eigenvalue weighted by Gasteiger charge is 2.08. The van der Waals surface area contributed by atoms with Gasteiger partial charge in [-0.25, -0.2) is 13.6 Å². The molecule has 0 aliphatic carbocycles. The molecule has 0 aromatic heterocycles. The number of hydrogen-bond acceptors (Lipinski definition) is 4. The molecule has 0 spiro atoms. The molecule has 2 aromatic carbocycles. The molecule has 2 aromatic rings. The normalized spacial score (nSPS) is 11.2. The number of nitrogens with one attached hydrogen (secondary N) is 1. The first-order valence-corrected chi connectivity index (χ1v) is 9.61. The first kappa shape index (κ1) is 17.5. The van der Waals surface area contributed by atoms with E-state index in [4.69, 9.17) is 5.14 Å². The number of carbonyl (C=O) groups excluding carboxylic acids is 1. The maximum atomic E-state index is 12.0. The standard InChI is InChI=1S/C16H18N2O3S2/c1-12-5-2-3-8-15(12)22-10-16(19)18-14-7-4-6-13(9-14)11-23(17,20)21/h2-9H,10-11H2,1H3,(H,18,19)(H2,17,20,21). The van der Waals surface area contributed by atoms with Gasteiger partial charge in [0.25, 0.3) is 0 Å². The summed E-state index contributed by atoms with van der Waals surface area (Å²) < 4.78 is 22.2. The SMILES string of the molecule is Cc1ccccc1SCC(=O)Nc1cccc(CS(N)(=O)=O)c1. The number of sulfonamides is 1. The van der Waals surface area contributed by atoms with E-state index < -0.39 is 10.0 Å². The first-order valence-electron chi connectivity index (χ1n) is 6.91. The summed E-state index contributed by atoms with van der Waals surface area (Å²) in [6, 6.07) is 14.5. The highest BCUT2D eigenvalue weighted by Crippen LogP contribution is 2.22. The van der Waals surface area contributed by atoms with Crippen molar-refractivity contribution in [2.24, 2.45) is 5.14 Å². The molecule has 7 heteroatoms. The fourth-order valence-corrected chi connectivity index (χ4v) is 3.50. The van der Waals surface area contributed by atoms with Crippen LogP contribution < -0.4 is 10.5 Å². The summed E-state index contributed by atoms with van der Waals surface area (Å²) in [6.07, 6.45) is 0. The van der Waals surface area contributed by atoms with Gasteiger partial charge in [0.05, 0.1) is 11.5 Å². The second-order valence-electron chi connectivity index (χ2n) is 5.11. The molecule has 0 bridgehead atoms. The highest BCUT2D eigenvalue weighted by atomic mass is 32.2. The molecule has 1 amide bonds. The van der Waals surface area contributed by atoms with Crippen LogP contribution in [-0.2, 0) is 20.6 Å². The topological polar surface area (TPSA) is 89.3 Å². The van der Waals surface area contributed by atoms with E-state index in [0.717, 1.165) is 10.5 Å². The van der Waals surface area contributed by atoms with Gasteiger partial charge in [0, 0.05) is 10.6 Å². The quantitative estimate of drug-likeness (QED) is 0.784. The lowest BCUT2D eigenvalue weighted by Crippen LogP contribution is -2.16. The Balaban J connectivity index is 1.95. The summed E-state index contributed by atoms with van der Waals surface area (Å²) in [5.74, 6) is -0.120. The number of rotatable bonds is 6. The summed E-state index contributed by atoms with van der Waals surface area (Å²) >= 11 is 1.46. The molecular weight excluding hydrogens is 332 g/mol. The number of nitrogens with two attached hydrogens (primary N) is 1. The van der Waals surface area contributed by atoms with Crippen LogP contribution in [0.3, 0.4) is 0 Å². The van der Waals surface area contributed by atoms with Crippen molar-refractivity contribution in [3.63, 3.8) is 0 Å². The fourth-order valence-electron chi connectivity index (χ4n) is 2.03. The van der Waals surface area contributed by atoms with Gasteiger partial charge in [-0.05, 0) is 36.2 Å². The van der Waals surface area contributed by atoms with Gasteiger partial charge in [-0.3, -0.25) is 4.79 Å². The molecule has 0 unspecified atom stereocenters. The molecule has 0 saturated heterocycles. The third kappa shape index (κ3) is 6.05. The van der Waals surface area contributed by atoms with E-state index in [2.05, 4.69) is 5.32 Å². The number of primary sulfonamides is 1. The maximum Gasteiger partial charge on any atom is 0.234 e. The molecular formula is C16H18N2O3S2. The van der Waals surface area contributed by atoms with Crippen LogP contribution in [0.2, 0.25) is 0 Å². The van der Waals surface area contributed by atoms with Gasteiger partial charge in [0.15, 0.2) is 0 Å². The highest BCUT2D eigenvalue weighted by molar-refractivity contribution is 8.00. The third-order valence-electron chi connectivity index (χ3n) is 3.03. The van der Waals surface area contributed by atoms with Crippen molar-refractivity contribution in [2.75, 3.05) is 11.1 Å². The van der Waals surface area contributed by atoms with Crippen LogP contribution in [0.15, 0.2) is 53.4 Å². The number of benzene rings is 2. The molecule has 0 radical (unpaired) electrons. The van der Waals surface area contributed by atoms with Crippen LogP contribution in [0.5, 0.6) is 0 Å². The van der Waals surface area contributed by atoms with Crippen molar-refractivity contribution in [2.45, 2.75) is 17.6 Å². The van der Waals surface area contributed by atoms with Crippen LogP contribution >= 0.6 is 11.8 Å². The van der Waals surface area contributed by atoms with Crippen molar-refractivity contribution < 1.29 is 13.2 Å². The van der Waals surface area contributed by atoms with Crippen LogP contribution in [-0.4, -0.2) is 20.1 Å². The van der Waals surface area contributed by atoms with Gasteiger partial charge >= 0.3 is 0 Å². The molecule has 23 heavy (non-hydrogen) atoms. The minimum Gasteiger partial charge on any atom is -0.325 e. The number of thioether (sulfide) groups is 1. The largest absolute Gasteiger partial charge is 0.325 e. The zero-order valence-electron chi connectivity index (χ0n) is 12.7. The van der Waals surface area contributed by atoms with Crippen molar-refractivity contribution in [1.29, 1.82) is 0 Å². The Morgan fingerprint density at radius 2 is 1.91 bits per heavy atom. The lowest BCUT2D eigenvalue weighted by molar-refractivity contribution is -0.113. The van der Waals surface area contributed by atoms with Gasteiger partial charge in [-0.15, -0.1) is 11.8 Å². The minimum absolute atomic E-state index is 0.147. The first-order chi connectivity index (χ1) is 10.8. The summed E-state index contributed by atoms with van der Waals surface area (Å²) in [5.41, 5.74) is 2.22. The second kappa shape index (κ2) is 7.63. The average Bonchev–Trinajstić information content (AvgIpc) is 2.45. The average molecular weight is 350 g/mol. The monoisotopic (exact) mass is 350 g/mol. The van der Waals surface area contributed by atoms with Crippen molar-refractivity contribution in [1.82, 2.24) is 0 Å². The van der Waals surface area contributed by atoms with Gasteiger partial charge in [0.1, 0.15) is 0 Å². The molecule has 0 atom stereocenters. The Hall–Kier alpha value is -1.83. The molecule has 0 aliphatic heterocycles.